The third-order valence-electron chi connectivity index (χ3n) is 2.97. The molecule has 0 bridgehead atoms. The van der Waals surface area contributed by atoms with E-state index >= 15 is 0 Å². The van der Waals surface area contributed by atoms with Gasteiger partial charge in [-0.05, 0) is 12.1 Å². The molecule has 6 heteroatoms. The molecule has 4 rings (SSSR count). The molecular formula is C14H8N6. The summed E-state index contributed by atoms with van der Waals surface area (Å²) in [4.78, 5) is 25.6. The van der Waals surface area contributed by atoms with Gasteiger partial charge >= 0.3 is 0 Å². The van der Waals surface area contributed by atoms with Crippen LogP contribution in [0.4, 0.5) is 0 Å². The van der Waals surface area contributed by atoms with Crippen LogP contribution in [0, 0.1) is 0 Å². The Morgan fingerprint density at radius 2 is 1.30 bits per heavy atom. The van der Waals surface area contributed by atoms with Crippen LogP contribution in [0.15, 0.2) is 49.3 Å². The molecule has 4 heterocycles. The minimum atomic E-state index is 0.490. The van der Waals surface area contributed by atoms with Crippen molar-refractivity contribution in [2.75, 3.05) is 0 Å². The number of fused-ring (bicyclic) bond motifs is 2. The summed E-state index contributed by atoms with van der Waals surface area (Å²) >= 11 is 0. The van der Waals surface area contributed by atoms with Gasteiger partial charge in [0.15, 0.2) is 11.6 Å². The zero-order chi connectivity index (χ0) is 13.4. The highest BCUT2D eigenvalue weighted by molar-refractivity contribution is 5.80. The maximum absolute atomic E-state index is 4.46. The molecule has 0 spiro atoms. The van der Waals surface area contributed by atoms with Crippen LogP contribution in [-0.4, -0.2) is 29.9 Å². The van der Waals surface area contributed by atoms with Crippen LogP contribution in [0.2, 0.25) is 0 Å². The maximum Gasteiger partial charge on any atom is 0.198 e. The lowest BCUT2D eigenvalue weighted by Gasteiger charge is -2.02. The number of hydrogen-bond acceptors (Lipinski definition) is 6. The minimum absolute atomic E-state index is 0.490. The summed E-state index contributed by atoms with van der Waals surface area (Å²) < 4.78 is 0. The van der Waals surface area contributed by atoms with Gasteiger partial charge in [0.05, 0.1) is 17.2 Å². The summed E-state index contributed by atoms with van der Waals surface area (Å²) in [5, 5.41) is 1.83. The molecule has 94 valence electrons. The fourth-order valence-electron chi connectivity index (χ4n) is 1.96. The van der Waals surface area contributed by atoms with Crippen molar-refractivity contribution in [2.24, 2.45) is 0 Å². The summed E-state index contributed by atoms with van der Waals surface area (Å²) in [6.45, 7) is 0. The van der Waals surface area contributed by atoms with Crippen molar-refractivity contribution in [3.8, 4) is 11.6 Å². The second-order valence-corrected chi connectivity index (χ2v) is 4.26. The van der Waals surface area contributed by atoms with E-state index in [2.05, 4.69) is 29.9 Å². The van der Waals surface area contributed by atoms with Crippen LogP contribution in [0.5, 0.6) is 0 Å². The molecule has 0 unspecified atom stereocenters. The molecule has 0 aliphatic rings. The zero-order valence-corrected chi connectivity index (χ0v) is 10.3. The van der Waals surface area contributed by atoms with Crippen LogP contribution in [0.1, 0.15) is 0 Å². The Bertz CT molecular complexity index is 844. The molecule has 0 aliphatic carbocycles. The predicted octanol–water partition coefficient (Wildman–Crippen LogP) is 2.03. The second kappa shape index (κ2) is 4.27. The van der Waals surface area contributed by atoms with Gasteiger partial charge in [-0.15, -0.1) is 0 Å². The van der Waals surface area contributed by atoms with Gasteiger partial charge in [-0.1, -0.05) is 0 Å². The number of aromatic nitrogens is 6. The summed E-state index contributed by atoms with van der Waals surface area (Å²) in [6, 6.07) is 3.70. The molecule has 20 heavy (non-hydrogen) atoms. The van der Waals surface area contributed by atoms with Crippen molar-refractivity contribution in [1.29, 1.82) is 0 Å². The Morgan fingerprint density at radius 3 is 2.20 bits per heavy atom. The van der Waals surface area contributed by atoms with E-state index in [1.54, 1.807) is 37.2 Å². The van der Waals surface area contributed by atoms with Crippen LogP contribution < -0.4 is 0 Å². The van der Waals surface area contributed by atoms with E-state index in [0.29, 0.717) is 11.6 Å². The summed E-state index contributed by atoms with van der Waals surface area (Å²) in [7, 11) is 0. The Hall–Kier alpha value is -3.02. The van der Waals surface area contributed by atoms with Gasteiger partial charge in [-0.2, -0.15) is 0 Å². The molecule has 6 nitrogen and oxygen atoms in total. The Balaban J connectivity index is 1.91. The standard InChI is InChI=1S/C14H8N6/c1-3-16-8-12-9(1)6-17-14(20-12)13-18-7-10-5-15-4-2-11(10)19-13/h1-8H. The SMILES string of the molecule is c1cc2nc(-c3ncc4ccncc4n3)ncc2cn1. The van der Waals surface area contributed by atoms with Crippen molar-refractivity contribution >= 4 is 21.8 Å². The second-order valence-electron chi connectivity index (χ2n) is 4.26. The average molecular weight is 260 g/mol. The Labute approximate surface area is 113 Å². The first-order valence-electron chi connectivity index (χ1n) is 6.04. The number of pyridine rings is 2. The fourth-order valence-corrected chi connectivity index (χ4v) is 1.96. The number of nitrogens with zero attached hydrogens (tertiary/aromatic N) is 6. The van der Waals surface area contributed by atoms with Crippen LogP contribution >= 0.6 is 0 Å². The highest BCUT2D eigenvalue weighted by Gasteiger charge is 2.07. The van der Waals surface area contributed by atoms with Crippen molar-refractivity contribution < 1.29 is 0 Å². The minimum Gasteiger partial charge on any atom is -0.264 e. The molecular weight excluding hydrogens is 252 g/mol. The third-order valence-corrected chi connectivity index (χ3v) is 2.97. The monoisotopic (exact) mass is 260 g/mol. The lowest BCUT2D eigenvalue weighted by Crippen LogP contribution is -1.96. The molecule has 0 saturated heterocycles. The first-order valence-corrected chi connectivity index (χ1v) is 6.04. The highest BCUT2D eigenvalue weighted by atomic mass is 15.0. The van der Waals surface area contributed by atoms with Gasteiger partial charge in [0.25, 0.3) is 0 Å². The topological polar surface area (TPSA) is 77.3 Å². The Kier molecular flexibility index (Phi) is 2.32. The van der Waals surface area contributed by atoms with Gasteiger partial charge in [-0.25, -0.2) is 19.9 Å². The van der Waals surface area contributed by atoms with Gasteiger partial charge in [-0.3, -0.25) is 9.97 Å². The fraction of sp³-hybridized carbons (Fsp3) is 0. The first-order chi connectivity index (χ1) is 9.90. The quantitative estimate of drug-likeness (QED) is 0.521. The molecule has 0 aromatic carbocycles. The van der Waals surface area contributed by atoms with Crippen LogP contribution in [-0.2, 0) is 0 Å². The van der Waals surface area contributed by atoms with Crippen molar-refractivity contribution in [2.45, 2.75) is 0 Å². The predicted molar refractivity (Wildman–Crippen MR) is 73.7 cm³/mol. The van der Waals surface area contributed by atoms with Crippen LogP contribution in [0.25, 0.3) is 33.5 Å². The molecule has 4 aromatic rings. The molecule has 0 radical (unpaired) electrons. The van der Waals surface area contributed by atoms with Crippen molar-refractivity contribution in [1.82, 2.24) is 29.9 Å². The zero-order valence-electron chi connectivity index (χ0n) is 10.3. The van der Waals surface area contributed by atoms with E-state index in [1.807, 2.05) is 12.1 Å². The van der Waals surface area contributed by atoms with Gasteiger partial charge < -0.3 is 0 Å². The smallest absolute Gasteiger partial charge is 0.198 e. The summed E-state index contributed by atoms with van der Waals surface area (Å²) in [5.74, 6) is 0.985. The van der Waals surface area contributed by atoms with Crippen molar-refractivity contribution in [3.63, 3.8) is 0 Å². The molecule has 0 saturated carbocycles. The highest BCUT2D eigenvalue weighted by Crippen LogP contribution is 2.16. The van der Waals surface area contributed by atoms with Gasteiger partial charge in [0.2, 0.25) is 0 Å². The molecule has 0 N–H and O–H groups in total. The molecule has 0 fully saturated rings. The van der Waals surface area contributed by atoms with E-state index < -0.39 is 0 Å². The van der Waals surface area contributed by atoms with Crippen LogP contribution in [0.3, 0.4) is 0 Å². The normalized spacial score (nSPS) is 11.0. The molecule has 4 aromatic heterocycles. The molecule has 0 amide bonds. The summed E-state index contributed by atoms with van der Waals surface area (Å²) in [5.41, 5.74) is 1.59. The van der Waals surface area contributed by atoms with E-state index in [0.717, 1.165) is 21.8 Å². The lowest BCUT2D eigenvalue weighted by atomic mass is 10.3. The van der Waals surface area contributed by atoms with E-state index in [-0.39, 0.29) is 0 Å². The van der Waals surface area contributed by atoms with Crippen molar-refractivity contribution in [3.05, 3.63) is 49.3 Å². The van der Waals surface area contributed by atoms with E-state index in [1.165, 1.54) is 0 Å². The average Bonchev–Trinajstić information content (AvgIpc) is 2.54. The largest absolute Gasteiger partial charge is 0.264 e. The van der Waals surface area contributed by atoms with Gasteiger partial charge in [0, 0.05) is 41.8 Å². The Morgan fingerprint density at radius 1 is 0.600 bits per heavy atom. The first kappa shape index (κ1) is 10.9. The lowest BCUT2D eigenvalue weighted by molar-refractivity contribution is 1.12. The van der Waals surface area contributed by atoms with E-state index in [4.69, 9.17) is 0 Å². The summed E-state index contributed by atoms with van der Waals surface area (Å²) in [6.07, 6.45) is 10.3. The maximum atomic E-state index is 4.46. The number of hydrogen-bond donors (Lipinski definition) is 0. The molecule has 0 atom stereocenters. The third kappa shape index (κ3) is 1.74. The molecule has 0 aliphatic heterocycles. The van der Waals surface area contributed by atoms with E-state index in [9.17, 15) is 0 Å². The number of rotatable bonds is 1. The van der Waals surface area contributed by atoms with Gasteiger partial charge in [0.1, 0.15) is 0 Å².